The fourth-order valence-electron chi connectivity index (χ4n) is 2.85. The first-order valence-electron chi connectivity index (χ1n) is 7.15. The van der Waals surface area contributed by atoms with Crippen molar-refractivity contribution in [1.29, 1.82) is 0 Å². The Kier molecular flexibility index (Phi) is 3.30. The third kappa shape index (κ3) is 2.46. The summed E-state index contributed by atoms with van der Waals surface area (Å²) in [6, 6.07) is 8.55. The number of nitrogens with one attached hydrogen (secondary N) is 1. The van der Waals surface area contributed by atoms with Crippen LogP contribution in [0, 0.1) is 6.92 Å². The lowest BCUT2D eigenvalue weighted by Crippen LogP contribution is -2.10. The highest BCUT2D eigenvalue weighted by molar-refractivity contribution is 5.50. The molecule has 1 heterocycles. The fourth-order valence-corrected chi connectivity index (χ4v) is 2.85. The summed E-state index contributed by atoms with van der Waals surface area (Å²) in [6.45, 7) is 4.05. The summed E-state index contributed by atoms with van der Waals surface area (Å²) in [7, 11) is 0. The van der Waals surface area contributed by atoms with Crippen molar-refractivity contribution in [3.05, 3.63) is 46.9 Å². The van der Waals surface area contributed by atoms with Gasteiger partial charge in [0.1, 0.15) is 11.6 Å². The molecule has 1 aliphatic carbocycles. The Labute approximate surface area is 119 Å². The third-order valence-electron chi connectivity index (χ3n) is 3.82. The Morgan fingerprint density at radius 2 is 2.15 bits per heavy atom. The molecule has 1 aromatic carbocycles. The van der Waals surface area contributed by atoms with Crippen LogP contribution in [0.4, 0.5) is 11.5 Å². The normalized spacial score (nSPS) is 17.0. The highest BCUT2D eigenvalue weighted by Gasteiger charge is 2.22. The quantitative estimate of drug-likeness (QED) is 0.840. The van der Waals surface area contributed by atoms with Crippen molar-refractivity contribution in [3.8, 4) is 0 Å². The molecule has 1 unspecified atom stereocenters. The van der Waals surface area contributed by atoms with E-state index in [2.05, 4.69) is 34.3 Å². The van der Waals surface area contributed by atoms with Crippen molar-refractivity contribution in [3.63, 3.8) is 0 Å². The van der Waals surface area contributed by atoms with Crippen molar-refractivity contribution in [1.82, 2.24) is 9.97 Å². The number of aromatic nitrogens is 2. The summed E-state index contributed by atoms with van der Waals surface area (Å²) in [4.78, 5) is 8.90. The molecule has 3 rings (SSSR count). The summed E-state index contributed by atoms with van der Waals surface area (Å²) in [6.07, 6.45) is 3.09. The van der Waals surface area contributed by atoms with Crippen molar-refractivity contribution >= 4 is 11.5 Å². The first-order valence-corrected chi connectivity index (χ1v) is 7.15. The fraction of sp³-hybridized carbons (Fsp3) is 0.375. The molecule has 0 radical (unpaired) electrons. The second-order valence-electron chi connectivity index (χ2n) is 5.34. The van der Waals surface area contributed by atoms with Crippen LogP contribution in [0.15, 0.2) is 24.3 Å². The maximum absolute atomic E-state index is 5.85. The topological polar surface area (TPSA) is 63.8 Å². The maximum Gasteiger partial charge on any atom is 0.130 e. The molecule has 0 saturated carbocycles. The average Bonchev–Trinajstić information content (AvgIpc) is 2.80. The molecule has 4 nitrogen and oxygen atoms in total. The summed E-state index contributed by atoms with van der Waals surface area (Å²) < 4.78 is 0. The Hall–Kier alpha value is -2.10. The van der Waals surface area contributed by atoms with Crippen molar-refractivity contribution in [2.45, 2.75) is 39.2 Å². The molecule has 0 bridgehead atoms. The number of anilines is 2. The van der Waals surface area contributed by atoms with Crippen LogP contribution in [0.3, 0.4) is 0 Å². The molecule has 0 fully saturated rings. The molecule has 1 aliphatic rings. The molecule has 3 N–H and O–H groups in total. The van der Waals surface area contributed by atoms with Crippen LogP contribution in [0.5, 0.6) is 0 Å². The summed E-state index contributed by atoms with van der Waals surface area (Å²) in [5.74, 6) is 1.74. The molecular weight excluding hydrogens is 248 g/mol. The van der Waals surface area contributed by atoms with E-state index in [-0.39, 0.29) is 0 Å². The second-order valence-corrected chi connectivity index (χ2v) is 5.34. The van der Waals surface area contributed by atoms with Crippen LogP contribution >= 0.6 is 0 Å². The molecule has 1 atom stereocenters. The van der Waals surface area contributed by atoms with Crippen LogP contribution in [0.1, 0.15) is 42.0 Å². The van der Waals surface area contributed by atoms with Gasteiger partial charge in [-0.05, 0) is 49.4 Å². The minimum Gasteiger partial charge on any atom is -0.399 e. The molecule has 20 heavy (non-hydrogen) atoms. The average molecular weight is 268 g/mol. The van der Waals surface area contributed by atoms with Gasteiger partial charge in [-0.25, -0.2) is 9.97 Å². The van der Waals surface area contributed by atoms with Crippen LogP contribution < -0.4 is 11.1 Å². The Morgan fingerprint density at radius 1 is 1.30 bits per heavy atom. The molecule has 0 saturated heterocycles. The summed E-state index contributed by atoms with van der Waals surface area (Å²) in [5, 5.41) is 3.54. The zero-order valence-electron chi connectivity index (χ0n) is 12.0. The molecule has 0 amide bonds. The number of fused-ring (bicyclic) bond motifs is 1. The van der Waals surface area contributed by atoms with Crippen molar-refractivity contribution in [2.24, 2.45) is 0 Å². The van der Waals surface area contributed by atoms with Gasteiger partial charge in [-0.2, -0.15) is 0 Å². The predicted octanol–water partition coefficient (Wildman–Crippen LogP) is 3.03. The molecule has 1 aromatic heterocycles. The highest BCUT2D eigenvalue weighted by Crippen LogP contribution is 2.34. The Morgan fingerprint density at radius 3 is 2.95 bits per heavy atom. The van der Waals surface area contributed by atoms with Crippen LogP contribution in [0.2, 0.25) is 0 Å². The van der Waals surface area contributed by atoms with Gasteiger partial charge < -0.3 is 11.1 Å². The SMILES string of the molecule is CCc1cc(NC2CCc3cc(N)ccc32)nc(C)n1. The van der Waals surface area contributed by atoms with Gasteiger partial charge in [0, 0.05) is 17.4 Å². The minimum atomic E-state index is 0.324. The standard InChI is InChI=1S/C16H20N4/c1-3-13-9-16(19-10(2)18-13)20-15-7-4-11-8-12(17)5-6-14(11)15/h5-6,8-9,15H,3-4,7,17H2,1-2H3,(H,18,19,20). The van der Waals surface area contributed by atoms with Crippen LogP contribution in [-0.2, 0) is 12.8 Å². The van der Waals surface area contributed by atoms with E-state index in [1.807, 2.05) is 19.1 Å². The molecule has 0 spiro atoms. The van der Waals surface area contributed by atoms with Gasteiger partial charge in [0.2, 0.25) is 0 Å². The number of benzene rings is 1. The third-order valence-corrected chi connectivity index (χ3v) is 3.82. The van der Waals surface area contributed by atoms with Gasteiger partial charge in [-0.3, -0.25) is 0 Å². The first-order chi connectivity index (χ1) is 9.65. The van der Waals surface area contributed by atoms with E-state index >= 15 is 0 Å². The van der Waals surface area contributed by atoms with Crippen LogP contribution in [-0.4, -0.2) is 9.97 Å². The number of rotatable bonds is 3. The van der Waals surface area contributed by atoms with Crippen molar-refractivity contribution < 1.29 is 0 Å². The monoisotopic (exact) mass is 268 g/mol. The summed E-state index contributed by atoms with van der Waals surface area (Å²) in [5.41, 5.74) is 10.5. The van der Waals surface area contributed by atoms with Gasteiger partial charge in [0.15, 0.2) is 0 Å². The lowest BCUT2D eigenvalue weighted by atomic mass is 10.1. The number of aryl methyl sites for hydroxylation is 3. The van der Waals surface area contributed by atoms with E-state index in [1.165, 1.54) is 11.1 Å². The number of nitrogen functional groups attached to an aromatic ring is 1. The lowest BCUT2D eigenvalue weighted by molar-refractivity contribution is 0.753. The van der Waals surface area contributed by atoms with E-state index < -0.39 is 0 Å². The maximum atomic E-state index is 5.85. The highest BCUT2D eigenvalue weighted by atomic mass is 15.0. The predicted molar refractivity (Wildman–Crippen MR) is 81.7 cm³/mol. The van der Waals surface area contributed by atoms with Gasteiger partial charge in [-0.1, -0.05) is 13.0 Å². The molecule has 2 aromatic rings. The first kappa shape index (κ1) is 12.9. The molecule has 104 valence electrons. The van der Waals surface area contributed by atoms with E-state index in [1.54, 1.807) is 0 Å². The van der Waals surface area contributed by atoms with Gasteiger partial charge >= 0.3 is 0 Å². The van der Waals surface area contributed by atoms with Gasteiger partial charge in [0.25, 0.3) is 0 Å². The van der Waals surface area contributed by atoms with E-state index in [9.17, 15) is 0 Å². The number of hydrogen-bond donors (Lipinski definition) is 2. The number of nitrogens with two attached hydrogens (primary N) is 1. The number of hydrogen-bond acceptors (Lipinski definition) is 4. The van der Waals surface area contributed by atoms with E-state index in [0.29, 0.717) is 6.04 Å². The Balaban J connectivity index is 1.85. The number of nitrogens with zero attached hydrogens (tertiary/aromatic N) is 2. The second kappa shape index (κ2) is 5.12. The lowest BCUT2D eigenvalue weighted by Gasteiger charge is -2.16. The minimum absolute atomic E-state index is 0.324. The molecular formula is C16H20N4. The van der Waals surface area contributed by atoms with E-state index in [4.69, 9.17) is 5.73 Å². The zero-order valence-corrected chi connectivity index (χ0v) is 12.0. The van der Waals surface area contributed by atoms with Crippen LogP contribution in [0.25, 0.3) is 0 Å². The Bertz CT molecular complexity index is 636. The zero-order chi connectivity index (χ0) is 14.1. The largest absolute Gasteiger partial charge is 0.399 e. The van der Waals surface area contributed by atoms with E-state index in [0.717, 1.165) is 42.3 Å². The van der Waals surface area contributed by atoms with Gasteiger partial charge in [-0.15, -0.1) is 0 Å². The van der Waals surface area contributed by atoms with Crippen molar-refractivity contribution in [2.75, 3.05) is 11.1 Å². The smallest absolute Gasteiger partial charge is 0.130 e. The summed E-state index contributed by atoms with van der Waals surface area (Å²) >= 11 is 0. The molecule has 4 heteroatoms. The van der Waals surface area contributed by atoms with Gasteiger partial charge in [0.05, 0.1) is 6.04 Å². The molecule has 0 aliphatic heterocycles.